The minimum Gasteiger partial charge on any atom is -0.347 e. The molecule has 136 valence electrons. The summed E-state index contributed by atoms with van der Waals surface area (Å²) in [6, 6.07) is 13.9. The molecule has 1 aromatic carbocycles. The van der Waals surface area contributed by atoms with Crippen LogP contribution in [0.3, 0.4) is 0 Å². The number of aryl methyl sites for hydroxylation is 2. The molecule has 0 saturated carbocycles. The molecule has 4 aromatic rings. The largest absolute Gasteiger partial charge is 0.347 e. The van der Waals surface area contributed by atoms with Crippen molar-refractivity contribution >= 4 is 28.3 Å². The molecule has 6 heteroatoms. The second-order valence-electron chi connectivity index (χ2n) is 6.31. The van der Waals surface area contributed by atoms with Gasteiger partial charge in [-0.3, -0.25) is 4.79 Å². The first-order chi connectivity index (χ1) is 13.2. The normalized spacial score (nSPS) is 11.0. The van der Waals surface area contributed by atoms with Crippen LogP contribution < -0.4 is 5.32 Å². The van der Waals surface area contributed by atoms with Crippen LogP contribution in [0.5, 0.6) is 0 Å². The number of benzene rings is 1. The van der Waals surface area contributed by atoms with Crippen LogP contribution in [-0.4, -0.2) is 20.4 Å². The van der Waals surface area contributed by atoms with Gasteiger partial charge in [0.25, 0.3) is 5.91 Å². The zero-order valence-electron chi connectivity index (χ0n) is 15.3. The fraction of sp³-hybridized carbons (Fsp3) is 0.190. The highest BCUT2D eigenvalue weighted by molar-refractivity contribution is 7.17. The Labute approximate surface area is 161 Å². The maximum absolute atomic E-state index is 12.7. The van der Waals surface area contributed by atoms with Gasteiger partial charge in [-0.05, 0) is 31.5 Å². The van der Waals surface area contributed by atoms with Crippen molar-refractivity contribution in [3.05, 3.63) is 71.0 Å². The fourth-order valence-corrected chi connectivity index (χ4v) is 4.12. The van der Waals surface area contributed by atoms with Crippen molar-refractivity contribution in [2.45, 2.75) is 26.9 Å². The molecule has 4 rings (SSSR count). The standard InChI is InChI=1S/C21H20N4OS/c1-3-25-13-17(16-10-7-11-22-19(16)25)21-24-14(2)18(27-21)20(26)23-12-15-8-5-4-6-9-15/h4-11,13H,3,12H2,1-2H3,(H,23,26). The minimum atomic E-state index is -0.0857. The van der Waals surface area contributed by atoms with Gasteiger partial charge in [0, 0.05) is 36.4 Å². The van der Waals surface area contributed by atoms with E-state index in [-0.39, 0.29) is 5.91 Å². The number of pyridine rings is 1. The lowest BCUT2D eigenvalue weighted by Gasteiger charge is -2.03. The zero-order valence-corrected chi connectivity index (χ0v) is 16.1. The number of nitrogens with one attached hydrogen (secondary N) is 1. The molecule has 1 N–H and O–H groups in total. The topological polar surface area (TPSA) is 59.8 Å². The van der Waals surface area contributed by atoms with Crippen LogP contribution in [0.1, 0.15) is 27.9 Å². The molecule has 0 fully saturated rings. The third kappa shape index (κ3) is 3.36. The summed E-state index contributed by atoms with van der Waals surface area (Å²) in [5, 5.41) is 4.90. The predicted octanol–water partition coefficient (Wildman–Crippen LogP) is 4.42. The molecule has 0 aliphatic carbocycles. The number of nitrogens with zero attached hydrogens (tertiary/aromatic N) is 3. The maximum Gasteiger partial charge on any atom is 0.263 e. The van der Waals surface area contributed by atoms with Crippen LogP contribution in [0.15, 0.2) is 54.9 Å². The summed E-state index contributed by atoms with van der Waals surface area (Å²) in [4.78, 5) is 22.5. The molecule has 0 aliphatic heterocycles. The molecular weight excluding hydrogens is 356 g/mol. The summed E-state index contributed by atoms with van der Waals surface area (Å²) in [6.07, 6.45) is 3.87. The van der Waals surface area contributed by atoms with E-state index in [1.807, 2.05) is 43.3 Å². The molecule has 0 spiro atoms. The lowest BCUT2D eigenvalue weighted by Crippen LogP contribution is -2.22. The van der Waals surface area contributed by atoms with E-state index in [2.05, 4.69) is 39.0 Å². The molecular formula is C21H20N4OS. The lowest BCUT2D eigenvalue weighted by atomic mass is 10.2. The smallest absolute Gasteiger partial charge is 0.263 e. The molecule has 0 unspecified atom stereocenters. The van der Waals surface area contributed by atoms with E-state index in [1.165, 1.54) is 11.3 Å². The van der Waals surface area contributed by atoms with Crippen molar-refractivity contribution in [2.24, 2.45) is 0 Å². The number of amides is 1. The van der Waals surface area contributed by atoms with Crippen molar-refractivity contribution < 1.29 is 4.79 Å². The van der Waals surface area contributed by atoms with Crippen LogP contribution in [0.2, 0.25) is 0 Å². The molecule has 1 amide bonds. The second-order valence-corrected chi connectivity index (χ2v) is 7.30. The molecule has 27 heavy (non-hydrogen) atoms. The fourth-order valence-electron chi connectivity index (χ4n) is 3.11. The average Bonchev–Trinajstić information content (AvgIpc) is 3.27. The van der Waals surface area contributed by atoms with Gasteiger partial charge in [-0.25, -0.2) is 9.97 Å². The molecule has 0 atom stereocenters. The van der Waals surface area contributed by atoms with Gasteiger partial charge in [0.05, 0.1) is 5.69 Å². The van der Waals surface area contributed by atoms with Crippen LogP contribution in [-0.2, 0) is 13.1 Å². The van der Waals surface area contributed by atoms with Gasteiger partial charge < -0.3 is 9.88 Å². The summed E-state index contributed by atoms with van der Waals surface area (Å²) in [5.74, 6) is -0.0857. The van der Waals surface area contributed by atoms with E-state index in [0.717, 1.165) is 39.4 Å². The molecule has 3 aromatic heterocycles. The number of carbonyl (C=O) groups excluding carboxylic acids is 1. The molecule has 0 aliphatic rings. The van der Waals surface area contributed by atoms with Crippen molar-refractivity contribution in [1.29, 1.82) is 0 Å². The molecule has 0 radical (unpaired) electrons. The Bertz CT molecular complexity index is 1100. The number of aromatic nitrogens is 3. The van der Waals surface area contributed by atoms with Gasteiger partial charge >= 0.3 is 0 Å². The first-order valence-electron chi connectivity index (χ1n) is 8.91. The number of hydrogen-bond donors (Lipinski definition) is 1. The Morgan fingerprint density at radius 1 is 1.19 bits per heavy atom. The molecule has 3 heterocycles. The SMILES string of the molecule is CCn1cc(-c2nc(C)c(C(=O)NCc3ccccc3)s2)c2cccnc21. The van der Waals surface area contributed by atoms with E-state index in [1.54, 1.807) is 6.20 Å². The Morgan fingerprint density at radius 2 is 2.00 bits per heavy atom. The van der Waals surface area contributed by atoms with Crippen molar-refractivity contribution in [1.82, 2.24) is 19.9 Å². The summed E-state index contributed by atoms with van der Waals surface area (Å²) < 4.78 is 2.11. The highest BCUT2D eigenvalue weighted by Crippen LogP contribution is 2.34. The van der Waals surface area contributed by atoms with Crippen LogP contribution in [0.25, 0.3) is 21.6 Å². The van der Waals surface area contributed by atoms with Crippen molar-refractivity contribution in [3.63, 3.8) is 0 Å². The van der Waals surface area contributed by atoms with E-state index < -0.39 is 0 Å². The molecule has 0 bridgehead atoms. The lowest BCUT2D eigenvalue weighted by molar-refractivity contribution is 0.0954. The number of hydrogen-bond acceptors (Lipinski definition) is 4. The Morgan fingerprint density at radius 3 is 2.78 bits per heavy atom. The Hall–Kier alpha value is -2.99. The van der Waals surface area contributed by atoms with E-state index >= 15 is 0 Å². The molecule has 0 saturated heterocycles. The van der Waals surface area contributed by atoms with Gasteiger partial charge in [-0.1, -0.05) is 30.3 Å². The summed E-state index contributed by atoms with van der Waals surface area (Å²) in [5.41, 5.74) is 3.79. The zero-order chi connectivity index (χ0) is 18.8. The van der Waals surface area contributed by atoms with Crippen molar-refractivity contribution in [3.8, 4) is 10.6 Å². The van der Waals surface area contributed by atoms with Gasteiger partial charge in [0.1, 0.15) is 15.5 Å². The van der Waals surface area contributed by atoms with Gasteiger partial charge in [-0.15, -0.1) is 11.3 Å². The van der Waals surface area contributed by atoms with E-state index in [0.29, 0.717) is 11.4 Å². The Balaban J connectivity index is 1.63. The summed E-state index contributed by atoms with van der Waals surface area (Å²) in [7, 11) is 0. The number of fused-ring (bicyclic) bond motifs is 1. The van der Waals surface area contributed by atoms with Gasteiger partial charge in [-0.2, -0.15) is 0 Å². The number of carbonyl (C=O) groups is 1. The predicted molar refractivity (Wildman–Crippen MR) is 109 cm³/mol. The van der Waals surface area contributed by atoms with E-state index in [9.17, 15) is 4.79 Å². The van der Waals surface area contributed by atoms with Crippen LogP contribution in [0.4, 0.5) is 0 Å². The quantitative estimate of drug-likeness (QED) is 0.561. The maximum atomic E-state index is 12.7. The van der Waals surface area contributed by atoms with Gasteiger partial charge in [0.15, 0.2) is 0 Å². The first kappa shape index (κ1) is 17.4. The number of thiazole rings is 1. The monoisotopic (exact) mass is 376 g/mol. The van der Waals surface area contributed by atoms with E-state index in [4.69, 9.17) is 0 Å². The second kappa shape index (κ2) is 7.32. The van der Waals surface area contributed by atoms with Gasteiger partial charge in [0.2, 0.25) is 0 Å². The minimum absolute atomic E-state index is 0.0857. The average molecular weight is 376 g/mol. The molecule has 5 nitrogen and oxygen atoms in total. The third-order valence-electron chi connectivity index (χ3n) is 4.50. The van der Waals surface area contributed by atoms with Crippen LogP contribution >= 0.6 is 11.3 Å². The summed E-state index contributed by atoms with van der Waals surface area (Å²) >= 11 is 1.43. The van der Waals surface area contributed by atoms with Crippen LogP contribution in [0, 0.1) is 6.92 Å². The van der Waals surface area contributed by atoms with Crippen molar-refractivity contribution in [2.75, 3.05) is 0 Å². The third-order valence-corrected chi connectivity index (χ3v) is 5.69. The highest BCUT2D eigenvalue weighted by atomic mass is 32.1. The first-order valence-corrected chi connectivity index (χ1v) is 9.72. The Kier molecular flexibility index (Phi) is 4.73. The highest BCUT2D eigenvalue weighted by Gasteiger charge is 2.19. The summed E-state index contributed by atoms with van der Waals surface area (Å²) in [6.45, 7) is 5.32. The number of rotatable bonds is 5.